The molecule has 1 aromatic rings. The van der Waals surface area contributed by atoms with Gasteiger partial charge in [0, 0.05) is 51.6 Å². The van der Waals surface area contributed by atoms with Crippen LogP contribution in [0.4, 0.5) is 0 Å². The molecule has 1 fully saturated rings. The number of carbonyl (C=O) groups excluding carboxylic acids is 1. The maximum absolute atomic E-state index is 12.2. The Hall–Kier alpha value is -1.33. The van der Waals surface area contributed by atoms with Gasteiger partial charge in [-0.25, -0.2) is 0 Å². The lowest BCUT2D eigenvalue weighted by Crippen LogP contribution is -2.53. The molecule has 5 nitrogen and oxygen atoms in total. The molecule has 0 bridgehead atoms. The first-order valence-electron chi connectivity index (χ1n) is 7.98. The summed E-state index contributed by atoms with van der Waals surface area (Å²) in [6, 6.07) is 4.25. The maximum Gasteiger partial charge on any atom is 0.223 e. The van der Waals surface area contributed by atoms with Gasteiger partial charge in [0.1, 0.15) is 5.76 Å². The predicted molar refractivity (Wildman–Crippen MR) is 82.9 cm³/mol. The molecule has 0 saturated carbocycles. The van der Waals surface area contributed by atoms with Crippen molar-refractivity contribution in [2.45, 2.75) is 38.6 Å². The number of nitrogens with two attached hydrogens (primary N) is 1. The van der Waals surface area contributed by atoms with Crippen LogP contribution in [0.2, 0.25) is 0 Å². The Morgan fingerprint density at radius 1 is 1.38 bits per heavy atom. The molecule has 21 heavy (non-hydrogen) atoms. The Kier molecular flexibility index (Phi) is 6.26. The molecular formula is C16H27N3O2. The summed E-state index contributed by atoms with van der Waals surface area (Å²) in [5, 5.41) is 0. The number of hydrogen-bond donors (Lipinski definition) is 1. The van der Waals surface area contributed by atoms with E-state index >= 15 is 0 Å². The first kappa shape index (κ1) is 16.0. The van der Waals surface area contributed by atoms with E-state index in [1.807, 2.05) is 17.0 Å². The molecule has 1 unspecified atom stereocenters. The van der Waals surface area contributed by atoms with E-state index in [9.17, 15) is 4.79 Å². The van der Waals surface area contributed by atoms with Gasteiger partial charge in [-0.2, -0.15) is 0 Å². The highest BCUT2D eigenvalue weighted by Gasteiger charge is 2.24. The zero-order valence-electron chi connectivity index (χ0n) is 13.0. The summed E-state index contributed by atoms with van der Waals surface area (Å²) in [6.45, 7) is 6.41. The summed E-state index contributed by atoms with van der Waals surface area (Å²) in [6.07, 6.45) is 5.17. The zero-order valence-corrected chi connectivity index (χ0v) is 13.0. The van der Waals surface area contributed by atoms with Crippen molar-refractivity contribution in [3.05, 3.63) is 24.2 Å². The Morgan fingerprint density at radius 2 is 2.14 bits per heavy atom. The minimum Gasteiger partial charge on any atom is -0.469 e. The van der Waals surface area contributed by atoms with Crippen LogP contribution in [0, 0.1) is 0 Å². The van der Waals surface area contributed by atoms with E-state index in [0.29, 0.717) is 25.4 Å². The second-order valence-electron chi connectivity index (χ2n) is 5.67. The molecule has 0 aromatic carbocycles. The molecule has 2 N–H and O–H groups in total. The number of amides is 1. The van der Waals surface area contributed by atoms with Crippen LogP contribution in [0.25, 0.3) is 0 Å². The van der Waals surface area contributed by atoms with Crippen molar-refractivity contribution in [1.29, 1.82) is 0 Å². The van der Waals surface area contributed by atoms with Gasteiger partial charge in [0.2, 0.25) is 5.91 Å². The zero-order chi connectivity index (χ0) is 15.1. The highest BCUT2D eigenvalue weighted by atomic mass is 16.3. The average molecular weight is 293 g/mol. The number of furan rings is 1. The lowest BCUT2D eigenvalue weighted by molar-refractivity contribution is -0.133. The summed E-state index contributed by atoms with van der Waals surface area (Å²) in [7, 11) is 0. The maximum atomic E-state index is 12.2. The number of piperazine rings is 1. The van der Waals surface area contributed by atoms with Gasteiger partial charge in [0.25, 0.3) is 0 Å². The molecule has 2 heterocycles. The largest absolute Gasteiger partial charge is 0.469 e. The predicted octanol–water partition coefficient (Wildman–Crippen LogP) is 1.48. The van der Waals surface area contributed by atoms with Crippen molar-refractivity contribution in [3.63, 3.8) is 0 Å². The van der Waals surface area contributed by atoms with E-state index in [0.717, 1.165) is 44.8 Å². The first-order valence-corrected chi connectivity index (χ1v) is 7.98. The smallest absolute Gasteiger partial charge is 0.223 e. The normalized spacial score (nSPS) is 17.9. The molecule has 1 amide bonds. The fourth-order valence-corrected chi connectivity index (χ4v) is 2.96. The van der Waals surface area contributed by atoms with Gasteiger partial charge >= 0.3 is 0 Å². The number of rotatable bonds is 7. The molecule has 1 saturated heterocycles. The van der Waals surface area contributed by atoms with Gasteiger partial charge in [-0.15, -0.1) is 0 Å². The van der Waals surface area contributed by atoms with Gasteiger partial charge in [0.05, 0.1) is 6.26 Å². The lowest BCUT2D eigenvalue weighted by Gasteiger charge is -2.39. The molecule has 1 aliphatic heterocycles. The van der Waals surface area contributed by atoms with Crippen molar-refractivity contribution < 1.29 is 9.21 Å². The van der Waals surface area contributed by atoms with Crippen molar-refractivity contribution in [2.75, 3.05) is 32.7 Å². The van der Waals surface area contributed by atoms with E-state index < -0.39 is 0 Å². The van der Waals surface area contributed by atoms with Crippen molar-refractivity contribution >= 4 is 5.91 Å². The SMILES string of the molecule is CCCC(CN)N1CCN(C(=O)CCc2ccco2)CC1. The molecular weight excluding hydrogens is 266 g/mol. The molecule has 5 heteroatoms. The summed E-state index contributed by atoms with van der Waals surface area (Å²) in [5.41, 5.74) is 5.85. The van der Waals surface area contributed by atoms with Crippen molar-refractivity contribution in [3.8, 4) is 0 Å². The van der Waals surface area contributed by atoms with Crippen LogP contribution in [0.3, 0.4) is 0 Å². The Morgan fingerprint density at radius 3 is 2.71 bits per heavy atom. The highest BCUT2D eigenvalue weighted by Crippen LogP contribution is 2.12. The van der Waals surface area contributed by atoms with Crippen LogP contribution in [0.5, 0.6) is 0 Å². The van der Waals surface area contributed by atoms with Crippen LogP contribution in [-0.4, -0.2) is 54.5 Å². The minimum atomic E-state index is 0.228. The standard InChI is InChI=1S/C16H27N3O2/c1-2-4-14(13-17)18-8-10-19(11-9-18)16(20)7-6-15-5-3-12-21-15/h3,5,12,14H,2,4,6-11,13,17H2,1H3. The third-order valence-electron chi connectivity index (χ3n) is 4.24. The Balaban J connectivity index is 1.73. The third kappa shape index (κ3) is 4.58. The van der Waals surface area contributed by atoms with Crippen molar-refractivity contribution in [1.82, 2.24) is 9.80 Å². The van der Waals surface area contributed by atoms with E-state index in [-0.39, 0.29) is 5.91 Å². The molecule has 2 rings (SSSR count). The molecule has 118 valence electrons. The fourth-order valence-electron chi connectivity index (χ4n) is 2.96. The van der Waals surface area contributed by atoms with Gasteiger partial charge in [-0.3, -0.25) is 9.69 Å². The van der Waals surface area contributed by atoms with Crippen LogP contribution < -0.4 is 5.73 Å². The second kappa shape index (κ2) is 8.20. The Bertz CT molecular complexity index is 411. The van der Waals surface area contributed by atoms with Crippen LogP contribution >= 0.6 is 0 Å². The molecule has 1 aliphatic rings. The fraction of sp³-hybridized carbons (Fsp3) is 0.688. The minimum absolute atomic E-state index is 0.228. The van der Waals surface area contributed by atoms with E-state index in [2.05, 4.69) is 11.8 Å². The van der Waals surface area contributed by atoms with Gasteiger partial charge in [0.15, 0.2) is 0 Å². The molecule has 1 aromatic heterocycles. The number of nitrogens with zero attached hydrogens (tertiary/aromatic N) is 2. The summed E-state index contributed by atoms with van der Waals surface area (Å²) >= 11 is 0. The molecule has 1 atom stereocenters. The quantitative estimate of drug-likeness (QED) is 0.827. The average Bonchev–Trinajstić information content (AvgIpc) is 3.04. The number of aryl methyl sites for hydroxylation is 1. The molecule has 0 aliphatic carbocycles. The topological polar surface area (TPSA) is 62.7 Å². The van der Waals surface area contributed by atoms with Gasteiger partial charge in [-0.1, -0.05) is 13.3 Å². The summed E-state index contributed by atoms with van der Waals surface area (Å²) in [4.78, 5) is 16.6. The van der Waals surface area contributed by atoms with E-state index in [4.69, 9.17) is 10.2 Å². The van der Waals surface area contributed by atoms with Gasteiger partial charge < -0.3 is 15.1 Å². The molecule has 0 radical (unpaired) electrons. The van der Waals surface area contributed by atoms with Crippen molar-refractivity contribution in [2.24, 2.45) is 5.73 Å². The van der Waals surface area contributed by atoms with Crippen LogP contribution in [-0.2, 0) is 11.2 Å². The molecule has 0 spiro atoms. The summed E-state index contributed by atoms with van der Waals surface area (Å²) < 4.78 is 5.27. The second-order valence-corrected chi connectivity index (χ2v) is 5.67. The third-order valence-corrected chi connectivity index (χ3v) is 4.24. The first-order chi connectivity index (χ1) is 10.2. The number of hydrogen-bond acceptors (Lipinski definition) is 4. The van der Waals surface area contributed by atoms with E-state index in [1.54, 1.807) is 6.26 Å². The summed E-state index contributed by atoms with van der Waals surface area (Å²) in [5.74, 6) is 1.11. The van der Waals surface area contributed by atoms with E-state index in [1.165, 1.54) is 0 Å². The van der Waals surface area contributed by atoms with Crippen LogP contribution in [0.15, 0.2) is 22.8 Å². The highest BCUT2D eigenvalue weighted by molar-refractivity contribution is 5.76. The Labute approximate surface area is 127 Å². The number of carbonyl (C=O) groups is 1. The monoisotopic (exact) mass is 293 g/mol. The van der Waals surface area contributed by atoms with Gasteiger partial charge in [-0.05, 0) is 18.6 Å². The van der Waals surface area contributed by atoms with Crippen LogP contribution in [0.1, 0.15) is 31.9 Å². The lowest BCUT2D eigenvalue weighted by atomic mass is 10.1.